The fraction of sp³-hybridized carbons (Fsp3) is 0.109. The van der Waals surface area contributed by atoms with Crippen molar-refractivity contribution in [2.24, 2.45) is 10.8 Å². The topological polar surface area (TPSA) is 46.5 Å². The molecule has 8 aromatic carbocycles. The van der Waals surface area contributed by atoms with Gasteiger partial charge in [-0.2, -0.15) is 5.10 Å². The number of aromatic nitrogens is 1. The summed E-state index contributed by atoms with van der Waals surface area (Å²) in [6, 6.07) is 70.7. The molecule has 59 heavy (non-hydrogen) atoms. The third-order valence-corrected chi connectivity index (χ3v) is 13.0. The predicted octanol–water partition coefficient (Wildman–Crippen LogP) is 12.2. The van der Waals surface area contributed by atoms with Crippen LogP contribution in [-0.2, 0) is 24.0 Å². The lowest BCUT2D eigenvalue weighted by atomic mass is 9.67. The molecule has 2 N–H and O–H groups in total. The molecule has 0 unspecified atom stereocenters. The Balaban J connectivity index is 1.08. The maximum Gasteiger partial charge on any atom is 0.150 e. The minimum absolute atomic E-state index is 0.135. The highest BCUT2D eigenvalue weighted by molar-refractivity contribution is 6.08. The van der Waals surface area contributed by atoms with E-state index in [2.05, 4.69) is 218 Å². The van der Waals surface area contributed by atoms with Crippen molar-refractivity contribution in [2.45, 2.75) is 37.9 Å². The fourth-order valence-electron chi connectivity index (χ4n) is 10.3. The van der Waals surface area contributed by atoms with Crippen molar-refractivity contribution in [1.29, 1.82) is 0 Å². The zero-order valence-corrected chi connectivity index (χ0v) is 33.3. The highest BCUT2D eigenvalue weighted by Crippen LogP contribution is 2.56. The van der Waals surface area contributed by atoms with Gasteiger partial charge in [-0.05, 0) is 79.4 Å². The molecular weight excluding hydrogens is 717 g/mol. The number of hydrogen-bond acceptors (Lipinski definition) is 2. The quantitative estimate of drug-likeness (QED) is 0.0952. The van der Waals surface area contributed by atoms with Crippen LogP contribution in [0.15, 0.2) is 199 Å². The van der Waals surface area contributed by atoms with Gasteiger partial charge in [-0.15, -0.1) is 0 Å². The molecule has 0 saturated heterocycles. The zero-order valence-electron chi connectivity index (χ0n) is 33.3. The molecule has 0 bridgehead atoms. The summed E-state index contributed by atoms with van der Waals surface area (Å²) in [5.74, 6) is 0.499. The predicted molar refractivity (Wildman–Crippen MR) is 243 cm³/mol. The third kappa shape index (κ3) is 5.33. The van der Waals surface area contributed by atoms with Gasteiger partial charge in [0, 0.05) is 21.8 Å². The van der Waals surface area contributed by atoms with Crippen molar-refractivity contribution < 1.29 is 0 Å². The summed E-state index contributed by atoms with van der Waals surface area (Å²) >= 11 is 0. The monoisotopic (exact) mass is 760 g/mol. The van der Waals surface area contributed by atoms with E-state index in [-0.39, 0.29) is 5.41 Å². The normalized spacial score (nSPS) is 14.5. The first-order chi connectivity index (χ1) is 28.9. The Hall–Kier alpha value is -7.17. The van der Waals surface area contributed by atoms with Crippen molar-refractivity contribution in [3.8, 4) is 22.3 Å². The molecule has 4 heteroatoms. The molecule has 1 aromatic heterocycles. The van der Waals surface area contributed by atoms with Gasteiger partial charge in [0.1, 0.15) is 6.67 Å². The van der Waals surface area contributed by atoms with Gasteiger partial charge in [-0.3, -0.25) is 5.01 Å². The van der Waals surface area contributed by atoms with Crippen LogP contribution in [0.3, 0.4) is 0 Å². The molecular formula is C55H44N4. The number of rotatable bonds is 8. The van der Waals surface area contributed by atoms with Crippen LogP contribution in [0.4, 0.5) is 0 Å². The number of hydrazone groups is 1. The Kier molecular flexibility index (Phi) is 7.99. The summed E-state index contributed by atoms with van der Waals surface area (Å²) in [5.41, 5.74) is 23.7. The minimum atomic E-state index is -0.503. The number of hydrogen-bond donors (Lipinski definition) is 1. The smallest absolute Gasteiger partial charge is 0.150 e. The van der Waals surface area contributed by atoms with E-state index in [4.69, 9.17) is 10.8 Å². The van der Waals surface area contributed by atoms with E-state index in [1.807, 2.05) is 0 Å². The molecule has 0 spiro atoms. The number of fused-ring (bicyclic) bond motifs is 9. The van der Waals surface area contributed by atoms with Crippen molar-refractivity contribution in [3.05, 3.63) is 239 Å². The van der Waals surface area contributed by atoms with Gasteiger partial charge in [0.15, 0.2) is 5.84 Å². The van der Waals surface area contributed by atoms with Crippen molar-refractivity contribution in [3.63, 3.8) is 0 Å². The lowest BCUT2D eigenvalue weighted by Gasteiger charge is -2.34. The standard InChI is InChI=1S/C55H44N4/c1-54(2)47-25-13-9-21-41(47)44-31-29-38(33-50(44)54)53(56)57-58(35-37-17-5-3-6-18-37)36-59-51-28-16-12-24-45(51)46-32-30-40(34-52(46)59)55(39-19-7-4-8-20-39)48-26-14-10-22-42(48)43-23-11-15-27-49(43)55/h3-34H,35-36H2,1-2H3,(H2,56,57). The third-order valence-electron chi connectivity index (χ3n) is 13.0. The van der Waals surface area contributed by atoms with E-state index in [1.54, 1.807) is 0 Å². The Morgan fingerprint density at radius 3 is 1.78 bits per heavy atom. The van der Waals surface area contributed by atoms with Gasteiger partial charge in [0.2, 0.25) is 0 Å². The molecule has 0 radical (unpaired) electrons. The number of para-hydroxylation sites is 1. The molecule has 0 aliphatic heterocycles. The molecule has 0 amide bonds. The van der Waals surface area contributed by atoms with Crippen LogP contribution in [0.5, 0.6) is 0 Å². The van der Waals surface area contributed by atoms with Crippen LogP contribution in [0.2, 0.25) is 0 Å². The van der Waals surface area contributed by atoms with Crippen LogP contribution in [0.1, 0.15) is 58.4 Å². The average Bonchev–Trinajstić information content (AvgIpc) is 3.85. The first-order valence-electron chi connectivity index (χ1n) is 20.6. The summed E-state index contributed by atoms with van der Waals surface area (Å²) in [4.78, 5) is 0. The molecule has 9 aromatic rings. The maximum atomic E-state index is 7.07. The van der Waals surface area contributed by atoms with Crippen LogP contribution >= 0.6 is 0 Å². The largest absolute Gasteiger partial charge is 0.382 e. The second-order valence-corrected chi connectivity index (χ2v) is 16.6. The van der Waals surface area contributed by atoms with E-state index in [0.29, 0.717) is 19.0 Å². The van der Waals surface area contributed by atoms with Gasteiger partial charge >= 0.3 is 0 Å². The molecule has 284 valence electrons. The molecule has 11 rings (SSSR count). The number of nitrogens with two attached hydrogens (primary N) is 1. The van der Waals surface area contributed by atoms with Crippen LogP contribution in [-0.4, -0.2) is 15.4 Å². The molecule has 0 atom stereocenters. The fourth-order valence-corrected chi connectivity index (χ4v) is 10.3. The van der Waals surface area contributed by atoms with Crippen molar-refractivity contribution in [2.75, 3.05) is 0 Å². The van der Waals surface area contributed by atoms with Gasteiger partial charge in [0.05, 0.1) is 23.0 Å². The van der Waals surface area contributed by atoms with E-state index in [9.17, 15) is 0 Å². The van der Waals surface area contributed by atoms with Crippen LogP contribution in [0, 0.1) is 0 Å². The summed E-state index contributed by atoms with van der Waals surface area (Å²) in [7, 11) is 0. The molecule has 1 heterocycles. The maximum absolute atomic E-state index is 7.07. The lowest BCUT2D eigenvalue weighted by molar-refractivity contribution is 0.226. The van der Waals surface area contributed by atoms with E-state index in [0.717, 1.165) is 16.6 Å². The second-order valence-electron chi connectivity index (χ2n) is 16.6. The Morgan fingerprint density at radius 1 is 0.508 bits per heavy atom. The Morgan fingerprint density at radius 2 is 1.07 bits per heavy atom. The first kappa shape index (κ1) is 35.0. The lowest BCUT2D eigenvalue weighted by Crippen LogP contribution is -2.29. The number of amidine groups is 1. The average molecular weight is 761 g/mol. The van der Waals surface area contributed by atoms with Gasteiger partial charge in [0.25, 0.3) is 0 Å². The van der Waals surface area contributed by atoms with E-state index in [1.165, 1.54) is 72.0 Å². The van der Waals surface area contributed by atoms with E-state index >= 15 is 0 Å². The van der Waals surface area contributed by atoms with Crippen molar-refractivity contribution in [1.82, 2.24) is 9.58 Å². The highest BCUT2D eigenvalue weighted by Gasteiger charge is 2.46. The Labute approximate surface area is 345 Å². The number of benzene rings is 8. The van der Waals surface area contributed by atoms with Crippen molar-refractivity contribution >= 4 is 27.6 Å². The van der Waals surface area contributed by atoms with Crippen LogP contribution < -0.4 is 5.73 Å². The zero-order chi connectivity index (χ0) is 39.7. The summed E-state index contributed by atoms with van der Waals surface area (Å²) < 4.78 is 2.43. The Bertz CT molecular complexity index is 3050. The summed E-state index contributed by atoms with van der Waals surface area (Å²) in [5, 5.41) is 9.84. The second kappa shape index (κ2) is 13.5. The van der Waals surface area contributed by atoms with Gasteiger partial charge in [-0.25, -0.2) is 0 Å². The molecule has 0 fully saturated rings. The van der Waals surface area contributed by atoms with Gasteiger partial charge < -0.3 is 10.3 Å². The number of nitrogens with zero attached hydrogens (tertiary/aromatic N) is 3. The molecule has 2 aliphatic rings. The van der Waals surface area contributed by atoms with Crippen LogP contribution in [0.25, 0.3) is 44.1 Å². The first-order valence-corrected chi connectivity index (χ1v) is 20.6. The molecule has 4 nitrogen and oxygen atoms in total. The minimum Gasteiger partial charge on any atom is -0.382 e. The highest BCUT2D eigenvalue weighted by atomic mass is 15.5. The van der Waals surface area contributed by atoms with Gasteiger partial charge in [-0.1, -0.05) is 190 Å². The molecule has 0 saturated carbocycles. The molecule has 2 aliphatic carbocycles. The summed E-state index contributed by atoms with van der Waals surface area (Å²) in [6.45, 7) is 5.69. The van der Waals surface area contributed by atoms with E-state index < -0.39 is 5.41 Å². The SMILES string of the molecule is CC1(C)c2ccccc2-c2ccc(/C(N)=N/N(Cc3ccccc3)Cn3c4ccccc4c4ccc(C5(c6ccccc6)c6ccccc6-c6ccccc65)cc43)cc21. The summed E-state index contributed by atoms with van der Waals surface area (Å²) in [6.07, 6.45) is 0.